The van der Waals surface area contributed by atoms with Crippen molar-refractivity contribution in [2.24, 2.45) is 0 Å². The van der Waals surface area contributed by atoms with Gasteiger partial charge in [0, 0.05) is 6.42 Å². The van der Waals surface area contributed by atoms with Gasteiger partial charge in [-0.1, -0.05) is 37.3 Å². The molecule has 3 nitrogen and oxygen atoms in total. The molecule has 0 aliphatic rings. The van der Waals surface area contributed by atoms with E-state index < -0.39 is 6.29 Å². The van der Waals surface area contributed by atoms with Crippen LogP contribution in [0.5, 0.6) is 17.2 Å². The van der Waals surface area contributed by atoms with Crippen LogP contribution in [0.4, 0.5) is 0 Å². The summed E-state index contributed by atoms with van der Waals surface area (Å²) in [5.74, 6) is 1.87. The molecule has 1 N–H and O–H groups in total. The Balaban J connectivity index is 2.17. The highest BCUT2D eigenvalue weighted by molar-refractivity contribution is 5.42. The molecular weight excluding hydrogens is 228 g/mol. The fraction of sp³-hybridized carbons (Fsp3) is 0.200. The van der Waals surface area contributed by atoms with Crippen LogP contribution in [-0.2, 0) is 0 Å². The molecule has 0 aliphatic carbocycles. The molecule has 0 aromatic heterocycles. The third kappa shape index (κ3) is 3.25. The fourth-order valence-electron chi connectivity index (χ4n) is 1.48. The zero-order valence-electron chi connectivity index (χ0n) is 10.2. The van der Waals surface area contributed by atoms with Crippen molar-refractivity contribution in [2.75, 3.05) is 0 Å². The summed E-state index contributed by atoms with van der Waals surface area (Å²) >= 11 is 0. The van der Waals surface area contributed by atoms with Crippen molar-refractivity contribution in [1.82, 2.24) is 0 Å². The Hall–Kier alpha value is -2.00. The lowest BCUT2D eigenvalue weighted by molar-refractivity contribution is -0.0204. The van der Waals surface area contributed by atoms with Crippen molar-refractivity contribution in [3.05, 3.63) is 54.6 Å². The average Bonchev–Trinajstić information content (AvgIpc) is 2.42. The van der Waals surface area contributed by atoms with Crippen molar-refractivity contribution in [3.8, 4) is 17.2 Å². The van der Waals surface area contributed by atoms with Crippen molar-refractivity contribution < 1.29 is 14.6 Å². The van der Waals surface area contributed by atoms with Crippen LogP contribution in [0.25, 0.3) is 0 Å². The molecule has 0 radical (unpaired) electrons. The van der Waals surface area contributed by atoms with Gasteiger partial charge in [0.05, 0.1) is 0 Å². The molecule has 0 amide bonds. The van der Waals surface area contributed by atoms with Crippen molar-refractivity contribution in [3.63, 3.8) is 0 Å². The summed E-state index contributed by atoms with van der Waals surface area (Å²) < 4.78 is 11.1. The lowest BCUT2D eigenvalue weighted by Gasteiger charge is -2.15. The molecule has 3 heteroatoms. The van der Waals surface area contributed by atoms with E-state index in [1.807, 2.05) is 55.5 Å². The topological polar surface area (TPSA) is 38.7 Å². The Morgan fingerprint density at radius 2 is 1.56 bits per heavy atom. The third-order valence-corrected chi connectivity index (χ3v) is 2.43. The molecule has 1 atom stereocenters. The van der Waals surface area contributed by atoms with Crippen LogP contribution in [0.2, 0.25) is 0 Å². The van der Waals surface area contributed by atoms with Crippen LogP contribution in [0.15, 0.2) is 54.6 Å². The number of benzene rings is 2. The second kappa shape index (κ2) is 6.07. The summed E-state index contributed by atoms with van der Waals surface area (Å²) in [6, 6.07) is 16.8. The minimum atomic E-state index is -0.814. The summed E-state index contributed by atoms with van der Waals surface area (Å²) in [6.07, 6.45) is -0.287. The third-order valence-electron chi connectivity index (χ3n) is 2.43. The normalized spacial score (nSPS) is 11.9. The second-order valence-corrected chi connectivity index (χ2v) is 3.84. The molecule has 0 saturated carbocycles. The van der Waals surface area contributed by atoms with Gasteiger partial charge in [-0.15, -0.1) is 0 Å². The zero-order chi connectivity index (χ0) is 12.8. The Morgan fingerprint density at radius 1 is 0.944 bits per heavy atom. The van der Waals surface area contributed by atoms with E-state index in [9.17, 15) is 5.11 Å². The Labute approximate surface area is 107 Å². The standard InChI is InChI=1S/C15H16O3/c1-2-15(16)18-14-11-7-6-10-13(14)17-12-8-4-3-5-9-12/h3-11,15-16H,2H2,1H3. The predicted molar refractivity (Wildman–Crippen MR) is 69.9 cm³/mol. The van der Waals surface area contributed by atoms with Crippen LogP contribution in [-0.4, -0.2) is 11.4 Å². The lowest BCUT2D eigenvalue weighted by atomic mass is 10.3. The van der Waals surface area contributed by atoms with Crippen LogP contribution < -0.4 is 9.47 Å². The quantitative estimate of drug-likeness (QED) is 0.817. The largest absolute Gasteiger partial charge is 0.461 e. The minimum absolute atomic E-state index is 0.527. The molecule has 0 saturated heterocycles. The van der Waals surface area contributed by atoms with Crippen LogP contribution in [0.3, 0.4) is 0 Å². The first-order valence-electron chi connectivity index (χ1n) is 5.96. The number of ether oxygens (including phenoxy) is 2. The van der Waals surface area contributed by atoms with E-state index in [0.29, 0.717) is 17.9 Å². The van der Waals surface area contributed by atoms with Crippen molar-refractivity contribution >= 4 is 0 Å². The van der Waals surface area contributed by atoms with Gasteiger partial charge in [0.25, 0.3) is 0 Å². The molecule has 18 heavy (non-hydrogen) atoms. The highest BCUT2D eigenvalue weighted by atomic mass is 16.6. The first-order valence-corrected chi connectivity index (χ1v) is 5.96. The van der Waals surface area contributed by atoms with Gasteiger partial charge in [-0.05, 0) is 24.3 Å². The van der Waals surface area contributed by atoms with E-state index in [4.69, 9.17) is 9.47 Å². The average molecular weight is 244 g/mol. The van der Waals surface area contributed by atoms with E-state index in [1.165, 1.54) is 0 Å². The fourth-order valence-corrected chi connectivity index (χ4v) is 1.48. The van der Waals surface area contributed by atoms with Gasteiger partial charge in [0.15, 0.2) is 17.8 Å². The molecule has 0 fully saturated rings. The van der Waals surface area contributed by atoms with Gasteiger partial charge in [-0.3, -0.25) is 0 Å². The SMILES string of the molecule is CCC(O)Oc1ccccc1Oc1ccccc1. The molecule has 1 unspecified atom stereocenters. The van der Waals surface area contributed by atoms with Crippen LogP contribution in [0.1, 0.15) is 13.3 Å². The number of para-hydroxylation sites is 3. The van der Waals surface area contributed by atoms with Gasteiger partial charge in [-0.25, -0.2) is 0 Å². The van der Waals surface area contributed by atoms with Gasteiger partial charge < -0.3 is 14.6 Å². The first kappa shape index (κ1) is 12.5. The smallest absolute Gasteiger partial charge is 0.197 e. The van der Waals surface area contributed by atoms with E-state index in [2.05, 4.69) is 0 Å². The van der Waals surface area contributed by atoms with Crippen LogP contribution >= 0.6 is 0 Å². The Bertz CT molecular complexity index is 482. The lowest BCUT2D eigenvalue weighted by Crippen LogP contribution is -2.13. The molecule has 0 bridgehead atoms. The van der Waals surface area contributed by atoms with Crippen molar-refractivity contribution in [1.29, 1.82) is 0 Å². The van der Waals surface area contributed by atoms with Gasteiger partial charge in [0.1, 0.15) is 5.75 Å². The summed E-state index contributed by atoms with van der Waals surface area (Å²) in [7, 11) is 0. The summed E-state index contributed by atoms with van der Waals surface area (Å²) in [6.45, 7) is 1.85. The molecule has 0 spiro atoms. The van der Waals surface area contributed by atoms with E-state index in [1.54, 1.807) is 6.07 Å². The number of aliphatic hydroxyl groups is 1. The monoisotopic (exact) mass is 244 g/mol. The molecule has 2 rings (SSSR count). The number of hydrogen-bond donors (Lipinski definition) is 1. The number of aliphatic hydroxyl groups excluding tert-OH is 1. The summed E-state index contributed by atoms with van der Waals surface area (Å²) in [5.41, 5.74) is 0. The van der Waals surface area contributed by atoms with Crippen molar-refractivity contribution in [2.45, 2.75) is 19.6 Å². The zero-order valence-corrected chi connectivity index (χ0v) is 10.2. The first-order chi connectivity index (χ1) is 8.79. The number of rotatable bonds is 5. The maximum atomic E-state index is 9.52. The summed E-state index contributed by atoms with van der Waals surface area (Å²) in [5, 5.41) is 9.52. The van der Waals surface area contributed by atoms with E-state index in [0.717, 1.165) is 5.75 Å². The molecule has 0 heterocycles. The van der Waals surface area contributed by atoms with Gasteiger partial charge >= 0.3 is 0 Å². The maximum Gasteiger partial charge on any atom is 0.197 e. The van der Waals surface area contributed by atoms with E-state index in [-0.39, 0.29) is 0 Å². The minimum Gasteiger partial charge on any atom is -0.461 e. The molecule has 2 aromatic carbocycles. The maximum absolute atomic E-state index is 9.52. The van der Waals surface area contributed by atoms with Gasteiger partial charge in [-0.2, -0.15) is 0 Å². The molecule has 0 aliphatic heterocycles. The summed E-state index contributed by atoms with van der Waals surface area (Å²) in [4.78, 5) is 0. The predicted octanol–water partition coefficient (Wildman–Crippen LogP) is 3.59. The van der Waals surface area contributed by atoms with Crippen LogP contribution in [0, 0.1) is 0 Å². The van der Waals surface area contributed by atoms with Gasteiger partial charge in [0.2, 0.25) is 0 Å². The Morgan fingerprint density at radius 3 is 2.22 bits per heavy atom. The highest BCUT2D eigenvalue weighted by Crippen LogP contribution is 2.31. The van der Waals surface area contributed by atoms with E-state index >= 15 is 0 Å². The number of hydrogen-bond acceptors (Lipinski definition) is 3. The second-order valence-electron chi connectivity index (χ2n) is 3.84. The molecular formula is C15H16O3. The molecule has 94 valence electrons. The highest BCUT2D eigenvalue weighted by Gasteiger charge is 2.09. The Kier molecular flexibility index (Phi) is 4.20. The molecule has 2 aromatic rings.